The zero-order valence-corrected chi connectivity index (χ0v) is 22.9. The molecule has 0 amide bonds. The molecule has 0 saturated carbocycles. The van der Waals surface area contributed by atoms with Crippen molar-refractivity contribution in [2.75, 3.05) is 39.4 Å². The van der Waals surface area contributed by atoms with Crippen LogP contribution in [-0.4, -0.2) is 71.7 Å². The van der Waals surface area contributed by atoms with Gasteiger partial charge in [0.2, 0.25) is 0 Å². The van der Waals surface area contributed by atoms with Crippen LogP contribution in [0.25, 0.3) is 11.1 Å². The molecular weight excluding hydrogens is 496 g/mol. The van der Waals surface area contributed by atoms with Gasteiger partial charge < -0.3 is 24.3 Å². The second-order valence-corrected chi connectivity index (χ2v) is 11.0. The van der Waals surface area contributed by atoms with Crippen molar-refractivity contribution in [3.05, 3.63) is 47.5 Å². The fraction of sp³-hybridized carbons (Fsp3) is 0.500. The summed E-state index contributed by atoms with van der Waals surface area (Å²) in [5.41, 5.74) is 2.58. The molecule has 3 aliphatic rings. The third-order valence-corrected chi connectivity index (χ3v) is 8.03. The van der Waals surface area contributed by atoms with Gasteiger partial charge in [0, 0.05) is 32.7 Å². The van der Waals surface area contributed by atoms with Gasteiger partial charge in [-0.25, -0.2) is 0 Å². The molecule has 0 aromatic heterocycles. The molecule has 2 saturated heterocycles. The van der Waals surface area contributed by atoms with Crippen LogP contribution in [0.4, 0.5) is 0 Å². The first-order valence-corrected chi connectivity index (χ1v) is 13.7. The van der Waals surface area contributed by atoms with Crippen molar-refractivity contribution in [2.45, 2.75) is 52.2 Å². The molecule has 3 aliphatic heterocycles. The monoisotopic (exact) mass is 532 g/mol. The molecule has 0 aliphatic carbocycles. The molecule has 0 unspecified atom stereocenters. The van der Waals surface area contributed by atoms with Crippen molar-refractivity contribution in [1.29, 1.82) is 5.26 Å². The van der Waals surface area contributed by atoms with E-state index in [1.54, 1.807) is 12.1 Å². The Morgan fingerprint density at radius 1 is 1.10 bits per heavy atom. The lowest BCUT2D eigenvalue weighted by molar-refractivity contribution is -0.150. The molecule has 3 heterocycles. The summed E-state index contributed by atoms with van der Waals surface area (Å²) < 4.78 is 12.1. The highest BCUT2D eigenvalue weighted by Crippen LogP contribution is 2.42. The van der Waals surface area contributed by atoms with Gasteiger partial charge in [-0.2, -0.15) is 5.26 Å². The van der Waals surface area contributed by atoms with Gasteiger partial charge >= 0.3 is 5.97 Å². The Bertz CT molecular complexity index is 1260. The number of oxime groups is 1. The fourth-order valence-electron chi connectivity index (χ4n) is 5.72. The SMILES string of the molecule is CCOc1cc(CN2CC3(CC(N4CCC(C)(C(=O)O)CC4)=NO3)C2)cc(OCC)c1-c1ccc(C#N)cc1. The van der Waals surface area contributed by atoms with E-state index in [1.165, 1.54) is 0 Å². The maximum atomic E-state index is 11.6. The largest absolute Gasteiger partial charge is 0.493 e. The van der Waals surface area contributed by atoms with E-state index in [9.17, 15) is 15.2 Å². The Morgan fingerprint density at radius 2 is 1.72 bits per heavy atom. The minimum absolute atomic E-state index is 0.309. The highest BCUT2D eigenvalue weighted by atomic mass is 16.7. The van der Waals surface area contributed by atoms with Crippen molar-refractivity contribution in [1.82, 2.24) is 9.80 Å². The minimum Gasteiger partial charge on any atom is -0.493 e. The first kappa shape index (κ1) is 26.8. The molecule has 2 aromatic carbocycles. The van der Waals surface area contributed by atoms with E-state index in [0.29, 0.717) is 44.7 Å². The molecule has 9 nitrogen and oxygen atoms in total. The lowest BCUT2D eigenvalue weighted by Crippen LogP contribution is -2.61. The van der Waals surface area contributed by atoms with Crippen molar-refractivity contribution >= 4 is 11.8 Å². The predicted octanol–water partition coefficient (Wildman–Crippen LogP) is 4.50. The molecule has 9 heteroatoms. The lowest BCUT2D eigenvalue weighted by atomic mass is 9.80. The third-order valence-electron chi connectivity index (χ3n) is 8.03. The second kappa shape index (κ2) is 10.8. The smallest absolute Gasteiger partial charge is 0.309 e. The van der Waals surface area contributed by atoms with Crippen LogP contribution in [0.5, 0.6) is 11.5 Å². The van der Waals surface area contributed by atoms with Gasteiger partial charge in [-0.3, -0.25) is 9.69 Å². The summed E-state index contributed by atoms with van der Waals surface area (Å²) in [6.07, 6.45) is 1.98. The topological polar surface area (TPSA) is 108 Å². The van der Waals surface area contributed by atoms with Gasteiger partial charge in [-0.1, -0.05) is 17.3 Å². The molecule has 39 heavy (non-hydrogen) atoms. The summed E-state index contributed by atoms with van der Waals surface area (Å²) >= 11 is 0. The number of piperidine rings is 1. The van der Waals surface area contributed by atoms with E-state index in [2.05, 4.69) is 33.2 Å². The van der Waals surface area contributed by atoms with Crippen molar-refractivity contribution in [3.63, 3.8) is 0 Å². The minimum atomic E-state index is -0.720. The van der Waals surface area contributed by atoms with Crippen LogP contribution in [0.1, 0.15) is 51.2 Å². The second-order valence-electron chi connectivity index (χ2n) is 11.0. The van der Waals surface area contributed by atoms with E-state index in [-0.39, 0.29) is 5.60 Å². The highest BCUT2D eigenvalue weighted by Gasteiger charge is 2.51. The highest BCUT2D eigenvalue weighted by molar-refractivity contribution is 5.85. The molecule has 1 N–H and O–H groups in total. The van der Waals surface area contributed by atoms with E-state index in [1.807, 2.05) is 32.9 Å². The molecule has 206 valence electrons. The standard InChI is InChI=1S/C30H36N4O5/c1-4-37-24-14-22(15-25(38-5-2)27(24)23-8-6-21(17-31)7-9-23)18-33-19-30(20-33)16-26(32-39-30)34-12-10-29(3,11-13-34)28(35)36/h6-9,14-15H,4-5,10-13,16,18-20H2,1-3H3,(H,35,36). The molecule has 0 radical (unpaired) electrons. The van der Waals surface area contributed by atoms with Gasteiger partial charge in [-0.05, 0) is 69.0 Å². The number of nitriles is 1. The predicted molar refractivity (Wildman–Crippen MR) is 147 cm³/mol. The van der Waals surface area contributed by atoms with Crippen LogP contribution in [0, 0.1) is 16.7 Å². The zero-order valence-electron chi connectivity index (χ0n) is 22.9. The van der Waals surface area contributed by atoms with Crippen LogP contribution < -0.4 is 9.47 Å². The van der Waals surface area contributed by atoms with Gasteiger partial charge in [-0.15, -0.1) is 0 Å². The number of benzene rings is 2. The Balaban J connectivity index is 1.25. The lowest BCUT2D eigenvalue weighted by Gasteiger charge is -2.45. The Morgan fingerprint density at radius 3 is 2.26 bits per heavy atom. The maximum Gasteiger partial charge on any atom is 0.309 e. The number of carboxylic acid groups (broad SMARTS) is 1. The van der Waals surface area contributed by atoms with Crippen LogP contribution in [0.2, 0.25) is 0 Å². The summed E-state index contributed by atoms with van der Waals surface area (Å²) in [5, 5.41) is 23.1. The molecule has 5 rings (SSSR count). The van der Waals surface area contributed by atoms with Crippen LogP contribution >= 0.6 is 0 Å². The number of amidine groups is 1. The number of carbonyl (C=O) groups is 1. The van der Waals surface area contributed by atoms with Crippen LogP contribution in [0.3, 0.4) is 0 Å². The first-order valence-electron chi connectivity index (χ1n) is 13.7. The normalized spacial score (nSPS) is 19.5. The Labute approximate surface area is 229 Å². The average Bonchev–Trinajstić information content (AvgIpc) is 3.35. The number of likely N-dealkylation sites (tertiary alicyclic amines) is 2. The summed E-state index contributed by atoms with van der Waals surface area (Å²) in [7, 11) is 0. The summed E-state index contributed by atoms with van der Waals surface area (Å²) in [4.78, 5) is 22.0. The van der Waals surface area contributed by atoms with Crippen molar-refractivity contribution < 1.29 is 24.2 Å². The summed E-state index contributed by atoms with van der Waals surface area (Å²) in [6, 6.07) is 13.8. The molecule has 2 fully saturated rings. The Kier molecular flexibility index (Phi) is 7.41. The fourth-order valence-corrected chi connectivity index (χ4v) is 5.72. The third kappa shape index (κ3) is 5.39. The number of aliphatic carboxylic acids is 1. The molecular formula is C30H36N4O5. The summed E-state index contributed by atoms with van der Waals surface area (Å²) in [5.74, 6) is 1.74. The molecule has 0 atom stereocenters. The molecule has 2 aromatic rings. The van der Waals surface area contributed by atoms with Crippen molar-refractivity contribution in [2.24, 2.45) is 10.6 Å². The zero-order chi connectivity index (χ0) is 27.6. The Hall–Kier alpha value is -3.77. The van der Waals surface area contributed by atoms with Gasteiger partial charge in [0.15, 0.2) is 5.60 Å². The summed E-state index contributed by atoms with van der Waals surface area (Å²) in [6.45, 7) is 10.5. The quantitative estimate of drug-likeness (QED) is 0.530. The number of hydrogen-bond donors (Lipinski definition) is 1. The number of nitrogens with zero attached hydrogens (tertiary/aromatic N) is 4. The average molecular weight is 533 g/mol. The van der Waals surface area contributed by atoms with E-state index in [4.69, 9.17) is 14.3 Å². The van der Waals surface area contributed by atoms with Gasteiger partial charge in [0.1, 0.15) is 17.3 Å². The van der Waals surface area contributed by atoms with Crippen LogP contribution in [0.15, 0.2) is 41.6 Å². The number of rotatable bonds is 8. The van der Waals surface area contributed by atoms with Crippen LogP contribution in [-0.2, 0) is 16.2 Å². The molecule has 0 bridgehead atoms. The van der Waals surface area contributed by atoms with Gasteiger partial charge in [0.25, 0.3) is 0 Å². The van der Waals surface area contributed by atoms with E-state index < -0.39 is 11.4 Å². The number of carboxylic acids is 1. The molecule has 1 spiro atoms. The maximum absolute atomic E-state index is 11.6. The number of hydrogen-bond acceptors (Lipinski definition) is 8. The number of ether oxygens (including phenoxy) is 2. The van der Waals surface area contributed by atoms with E-state index in [0.717, 1.165) is 60.1 Å². The first-order chi connectivity index (χ1) is 18.8. The van der Waals surface area contributed by atoms with E-state index >= 15 is 0 Å². The van der Waals surface area contributed by atoms with Gasteiger partial charge in [0.05, 0.1) is 42.2 Å². The van der Waals surface area contributed by atoms with Crippen molar-refractivity contribution in [3.8, 4) is 28.7 Å².